The third-order valence-corrected chi connectivity index (χ3v) is 17.6. The number of aliphatic hydroxyl groups excluding tert-OH is 1. The van der Waals surface area contributed by atoms with Crippen molar-refractivity contribution in [1.82, 2.24) is 9.80 Å². The first-order chi connectivity index (χ1) is 36.9. The van der Waals surface area contributed by atoms with Crippen molar-refractivity contribution in [2.24, 2.45) is 28.7 Å². The normalized spacial score (nSPS) is 25.0. The predicted molar refractivity (Wildman–Crippen MR) is 301 cm³/mol. The summed E-state index contributed by atoms with van der Waals surface area (Å²) in [6, 6.07) is 48.8. The van der Waals surface area contributed by atoms with Crippen LogP contribution in [-0.2, 0) is 16.1 Å². The lowest BCUT2D eigenvalue weighted by molar-refractivity contribution is -0.109. The summed E-state index contributed by atoms with van der Waals surface area (Å²) in [7, 11) is 0. The molecule has 4 aliphatic heterocycles. The van der Waals surface area contributed by atoms with Gasteiger partial charge in [-0.2, -0.15) is 0 Å². The number of fused-ring (bicyclic) bond motifs is 10. The van der Waals surface area contributed by atoms with E-state index in [1.807, 2.05) is 107 Å². The Bertz CT molecular complexity index is 4120. The molecule has 6 atom stereocenters. The van der Waals surface area contributed by atoms with E-state index >= 15 is 4.79 Å². The number of nitrogens with one attached hydrogen (secondary N) is 3. The predicted octanol–water partition coefficient (Wildman–Crippen LogP) is 11.6. The number of hydrogen-bond donors (Lipinski definition) is 4. The van der Waals surface area contributed by atoms with Crippen molar-refractivity contribution in [3.63, 3.8) is 0 Å². The molecule has 7 aliphatic rings. The molecule has 0 bridgehead atoms. The standard InChI is InChI=1S/C66H56N6O4/c1-35-27-36(2)32-71(31-35)63(75)41-21-23-45-43-13-5-7-15-49(43)65(51(45)29-41)67-53-17-9-11-39-19-25-47(59(69-65)55(39)53)57-61(73)58(62(57)74)48-26-20-40-12-10-18-54-56(40)60(48)70-66(68-54)50-16-8-6-14-44(50)46-24-22-42(30-52(46)66)64(76)72-33-37(3)28-38(4)34-72/h5-26,29-30,35-38,67,69-70,73H,27-28,31-34H2,1-4H3/b58-48+. The molecule has 374 valence electrons. The molecule has 0 aromatic heterocycles. The number of ketones is 1. The maximum atomic E-state index is 15.4. The number of aliphatic hydroxyl groups is 1. The maximum Gasteiger partial charge on any atom is 0.253 e. The summed E-state index contributed by atoms with van der Waals surface area (Å²) < 4.78 is 0. The molecule has 10 nitrogen and oxygen atoms in total. The van der Waals surface area contributed by atoms with E-state index in [4.69, 9.17) is 4.99 Å². The van der Waals surface area contributed by atoms with E-state index in [1.54, 1.807) is 0 Å². The van der Waals surface area contributed by atoms with Crippen LogP contribution in [-0.4, -0.2) is 58.7 Å². The Labute approximate surface area is 440 Å². The number of rotatable bonds is 3. The second-order valence-corrected chi connectivity index (χ2v) is 23.1. The van der Waals surface area contributed by atoms with Gasteiger partial charge in [0.25, 0.3) is 11.8 Å². The molecule has 10 heteroatoms. The summed E-state index contributed by atoms with van der Waals surface area (Å²) in [6.07, 6.45) is 2.20. The fraction of sp³-hybridized carbons (Fsp3) is 0.242. The molecule has 2 spiro atoms. The van der Waals surface area contributed by atoms with Crippen LogP contribution in [0.3, 0.4) is 0 Å². The summed E-state index contributed by atoms with van der Waals surface area (Å²) in [4.78, 5) is 53.8. The first-order valence-electron chi connectivity index (χ1n) is 27.0. The molecule has 15 rings (SSSR count). The third kappa shape index (κ3) is 6.21. The van der Waals surface area contributed by atoms with Crippen LogP contribution < -0.4 is 26.5 Å². The quantitative estimate of drug-likeness (QED) is 0.139. The molecule has 4 N–H and O–H groups in total. The molecule has 3 aliphatic carbocycles. The Morgan fingerprint density at radius 3 is 1.75 bits per heavy atom. The monoisotopic (exact) mass is 996 g/mol. The highest BCUT2D eigenvalue weighted by molar-refractivity contribution is 6.52. The summed E-state index contributed by atoms with van der Waals surface area (Å²) in [6.45, 7) is 11.8. The van der Waals surface area contributed by atoms with Crippen LogP contribution >= 0.6 is 0 Å². The van der Waals surface area contributed by atoms with Gasteiger partial charge in [0, 0.05) is 86.8 Å². The Hall–Kier alpha value is -8.50. The lowest BCUT2D eigenvalue weighted by Crippen LogP contribution is -2.46. The minimum absolute atomic E-state index is 0.0130. The number of anilines is 3. The van der Waals surface area contributed by atoms with Crippen LogP contribution in [0.25, 0.3) is 54.9 Å². The number of piperidine rings is 2. The van der Waals surface area contributed by atoms with Crippen molar-refractivity contribution in [2.45, 2.75) is 51.9 Å². The molecule has 0 radical (unpaired) electrons. The molecular weight excluding hydrogens is 941 g/mol. The van der Waals surface area contributed by atoms with Crippen molar-refractivity contribution in [1.29, 1.82) is 0 Å². The summed E-state index contributed by atoms with van der Waals surface area (Å²) in [5.74, 6) is 1.35. The number of benzene rings is 8. The fourth-order valence-electron chi connectivity index (χ4n) is 14.7. The van der Waals surface area contributed by atoms with Crippen LogP contribution in [0.15, 0.2) is 156 Å². The van der Waals surface area contributed by atoms with Crippen LogP contribution in [0.2, 0.25) is 0 Å². The van der Waals surface area contributed by atoms with E-state index < -0.39 is 11.3 Å². The van der Waals surface area contributed by atoms with Gasteiger partial charge in [-0.15, -0.1) is 0 Å². The van der Waals surface area contributed by atoms with Crippen LogP contribution in [0.5, 0.6) is 0 Å². The van der Waals surface area contributed by atoms with Gasteiger partial charge in [0.1, 0.15) is 5.76 Å². The van der Waals surface area contributed by atoms with Gasteiger partial charge < -0.3 is 30.9 Å². The lowest BCUT2D eigenvalue weighted by atomic mass is 9.79. The van der Waals surface area contributed by atoms with E-state index in [0.29, 0.717) is 51.3 Å². The van der Waals surface area contributed by atoms with E-state index in [1.165, 1.54) is 0 Å². The van der Waals surface area contributed by atoms with E-state index in [2.05, 4.69) is 92.2 Å². The zero-order valence-electron chi connectivity index (χ0n) is 42.9. The van der Waals surface area contributed by atoms with Crippen molar-refractivity contribution in [3.8, 4) is 22.3 Å². The lowest BCUT2D eigenvalue weighted by Gasteiger charge is -2.42. The van der Waals surface area contributed by atoms with Crippen LogP contribution in [0.1, 0.15) is 89.1 Å². The SMILES string of the molecule is CC1CC(C)CN(C(=O)c2ccc3c(c2)C2(N=c4cccc5cc/c(=C6\C(=O)C(c7ccc8cccc9c8c7NC7(N9)c8ccccc8-c8ccc(C(=O)N9CC(C)CC(C)C9)cc87)=C6O)c(c45)N2)c2ccccc2-3)C1. The van der Waals surface area contributed by atoms with Gasteiger partial charge in [-0.1, -0.05) is 137 Å². The Balaban J connectivity index is 0.878. The number of allylic oxidation sites excluding steroid dienone is 2. The average molecular weight is 997 g/mol. The number of likely N-dealkylation sites (tertiary alicyclic amines) is 2. The highest BCUT2D eigenvalue weighted by Gasteiger charge is 2.50. The highest BCUT2D eigenvalue weighted by atomic mass is 16.3. The second-order valence-electron chi connectivity index (χ2n) is 23.1. The molecule has 2 saturated heterocycles. The van der Waals surface area contributed by atoms with Gasteiger partial charge in [0.2, 0.25) is 5.78 Å². The third-order valence-electron chi connectivity index (χ3n) is 17.6. The summed E-state index contributed by atoms with van der Waals surface area (Å²) in [5.41, 5.74) is 10.2. The Morgan fingerprint density at radius 2 is 1.08 bits per heavy atom. The van der Waals surface area contributed by atoms with Gasteiger partial charge in [-0.05, 0) is 106 Å². The first kappa shape index (κ1) is 44.9. The summed E-state index contributed by atoms with van der Waals surface area (Å²) >= 11 is 0. The molecule has 76 heavy (non-hydrogen) atoms. The molecule has 0 saturated carbocycles. The number of amides is 2. The number of carbonyl (C=O) groups excluding carboxylic acids is 3. The van der Waals surface area contributed by atoms with Gasteiger partial charge in [-0.3, -0.25) is 14.4 Å². The van der Waals surface area contributed by atoms with Gasteiger partial charge >= 0.3 is 0 Å². The molecule has 8 aromatic rings. The van der Waals surface area contributed by atoms with Crippen molar-refractivity contribution in [3.05, 3.63) is 201 Å². The Kier molecular flexibility index (Phi) is 9.47. The molecular formula is C66H56N6O4. The minimum atomic E-state index is -1.15. The molecule has 8 aromatic carbocycles. The van der Waals surface area contributed by atoms with Gasteiger partial charge in [-0.25, -0.2) is 4.99 Å². The first-order valence-corrected chi connectivity index (χ1v) is 27.0. The van der Waals surface area contributed by atoms with E-state index in [-0.39, 0.29) is 34.5 Å². The topological polar surface area (TPSA) is 126 Å². The molecule has 6 unspecified atom stereocenters. The fourth-order valence-corrected chi connectivity index (χ4v) is 14.7. The zero-order chi connectivity index (χ0) is 51.5. The largest absolute Gasteiger partial charge is 0.506 e. The second kappa shape index (κ2) is 16.0. The smallest absolute Gasteiger partial charge is 0.253 e. The number of nitrogens with zero attached hydrogens (tertiary/aromatic N) is 3. The van der Waals surface area contributed by atoms with Gasteiger partial charge in [0.05, 0.1) is 27.9 Å². The maximum absolute atomic E-state index is 15.4. The van der Waals surface area contributed by atoms with Crippen molar-refractivity contribution < 1.29 is 19.5 Å². The number of Topliss-reactive ketones (excluding diaryl/α,β-unsaturated/α-hetero) is 1. The zero-order valence-corrected chi connectivity index (χ0v) is 42.9. The van der Waals surface area contributed by atoms with Gasteiger partial charge in [0.15, 0.2) is 11.3 Å². The van der Waals surface area contributed by atoms with E-state index in [9.17, 15) is 14.7 Å². The number of hydrogen-bond acceptors (Lipinski definition) is 8. The summed E-state index contributed by atoms with van der Waals surface area (Å²) in [5, 5.41) is 29.5. The van der Waals surface area contributed by atoms with E-state index in [0.717, 1.165) is 122 Å². The molecule has 2 fully saturated rings. The van der Waals surface area contributed by atoms with Crippen molar-refractivity contribution >= 4 is 67.4 Å². The molecule has 4 heterocycles. The average Bonchev–Trinajstić information content (AvgIpc) is 3.96. The minimum Gasteiger partial charge on any atom is -0.506 e. The Morgan fingerprint density at radius 1 is 0.526 bits per heavy atom. The van der Waals surface area contributed by atoms with Crippen LogP contribution in [0.4, 0.5) is 17.1 Å². The molecule has 2 amide bonds. The van der Waals surface area contributed by atoms with Crippen molar-refractivity contribution in [2.75, 3.05) is 42.1 Å². The van der Waals surface area contributed by atoms with Crippen LogP contribution in [0, 0.1) is 23.7 Å². The highest BCUT2D eigenvalue weighted by Crippen LogP contribution is 2.56. The number of carbonyl (C=O) groups is 3.